The van der Waals surface area contributed by atoms with E-state index in [2.05, 4.69) is 15.0 Å². The summed E-state index contributed by atoms with van der Waals surface area (Å²) in [7, 11) is 3.91. The number of methoxy groups -OCH3 is 2. The molecule has 0 aliphatic heterocycles. The maximum absolute atomic E-state index is 11.5. The first-order chi connectivity index (χ1) is 8.13. The summed E-state index contributed by atoms with van der Waals surface area (Å²) in [5.74, 6) is -1.22. The van der Waals surface area contributed by atoms with E-state index in [-0.39, 0.29) is 11.1 Å². The summed E-state index contributed by atoms with van der Waals surface area (Å²) in [6.45, 7) is 0. The number of hydrogen-bond acceptors (Lipinski definition) is 6. The topological polar surface area (TPSA) is 73.9 Å². The van der Waals surface area contributed by atoms with Crippen LogP contribution in [0, 0.1) is 0 Å². The van der Waals surface area contributed by atoms with Crippen molar-refractivity contribution in [3.8, 4) is 0 Å². The highest BCUT2D eigenvalue weighted by molar-refractivity contribution is 6.03. The van der Waals surface area contributed by atoms with Crippen LogP contribution in [0.1, 0.15) is 20.7 Å². The fourth-order valence-corrected chi connectivity index (χ4v) is 1.29. The molecule has 92 valence electrons. The van der Waals surface area contributed by atoms with Gasteiger partial charge < -0.3 is 9.47 Å². The quantitative estimate of drug-likeness (QED) is 0.629. The fourth-order valence-electron chi connectivity index (χ4n) is 1.29. The number of carbonyl (C=O) groups excluding carboxylic acids is 2. The third-order valence-corrected chi connectivity index (χ3v) is 2.05. The molecule has 6 heteroatoms. The number of ether oxygens (including phenoxy) is 2. The van der Waals surface area contributed by atoms with E-state index in [4.69, 9.17) is 4.84 Å². The standard InChI is InChI=1S/C11H13NO5/c1-15-10(13)8-5-4-7(12-17-3)6-9(8)11(14)16-2/h4-6,12H,1-3H3. The average molecular weight is 239 g/mol. The number of anilines is 1. The van der Waals surface area contributed by atoms with Crippen LogP contribution in [0.3, 0.4) is 0 Å². The highest BCUT2D eigenvalue weighted by Crippen LogP contribution is 2.18. The Kier molecular flexibility index (Phi) is 4.47. The van der Waals surface area contributed by atoms with Gasteiger partial charge >= 0.3 is 11.9 Å². The predicted molar refractivity (Wildman–Crippen MR) is 59.8 cm³/mol. The summed E-state index contributed by atoms with van der Waals surface area (Å²) in [6.07, 6.45) is 0. The molecule has 0 saturated heterocycles. The fraction of sp³-hybridized carbons (Fsp3) is 0.273. The minimum atomic E-state index is -0.620. The summed E-state index contributed by atoms with van der Waals surface area (Å²) in [5, 5.41) is 0. The van der Waals surface area contributed by atoms with Crippen molar-refractivity contribution in [3.63, 3.8) is 0 Å². The molecule has 0 bridgehead atoms. The summed E-state index contributed by atoms with van der Waals surface area (Å²) >= 11 is 0. The van der Waals surface area contributed by atoms with Crippen molar-refractivity contribution in [1.82, 2.24) is 0 Å². The molecule has 6 nitrogen and oxygen atoms in total. The molecule has 0 amide bonds. The Bertz CT molecular complexity index is 430. The highest BCUT2D eigenvalue weighted by atomic mass is 16.6. The van der Waals surface area contributed by atoms with Gasteiger partial charge in [-0.3, -0.25) is 10.3 Å². The Morgan fingerprint density at radius 1 is 1.00 bits per heavy atom. The second-order valence-electron chi connectivity index (χ2n) is 3.05. The van der Waals surface area contributed by atoms with Gasteiger partial charge in [0, 0.05) is 0 Å². The zero-order valence-electron chi connectivity index (χ0n) is 9.77. The number of carbonyl (C=O) groups is 2. The predicted octanol–water partition coefficient (Wildman–Crippen LogP) is 1.23. The molecule has 17 heavy (non-hydrogen) atoms. The van der Waals surface area contributed by atoms with E-state index in [1.165, 1.54) is 33.5 Å². The van der Waals surface area contributed by atoms with Crippen LogP contribution in [0.5, 0.6) is 0 Å². The maximum Gasteiger partial charge on any atom is 0.338 e. The normalized spacial score (nSPS) is 9.59. The second kappa shape index (κ2) is 5.86. The molecule has 0 radical (unpaired) electrons. The Morgan fingerprint density at radius 2 is 1.59 bits per heavy atom. The van der Waals surface area contributed by atoms with E-state index < -0.39 is 11.9 Å². The van der Waals surface area contributed by atoms with E-state index in [0.29, 0.717) is 5.69 Å². The van der Waals surface area contributed by atoms with Crippen molar-refractivity contribution in [2.75, 3.05) is 26.8 Å². The van der Waals surface area contributed by atoms with Crippen molar-refractivity contribution in [3.05, 3.63) is 29.3 Å². The lowest BCUT2D eigenvalue weighted by atomic mass is 10.1. The summed E-state index contributed by atoms with van der Waals surface area (Å²) < 4.78 is 9.16. The van der Waals surface area contributed by atoms with Gasteiger partial charge in [-0.25, -0.2) is 9.59 Å². The average Bonchev–Trinajstić information content (AvgIpc) is 2.37. The van der Waals surface area contributed by atoms with Gasteiger partial charge in [-0.05, 0) is 18.2 Å². The minimum absolute atomic E-state index is 0.112. The van der Waals surface area contributed by atoms with Crippen molar-refractivity contribution >= 4 is 17.6 Å². The first-order valence-corrected chi connectivity index (χ1v) is 4.73. The molecule has 0 aliphatic rings. The molecule has 1 rings (SSSR count). The van der Waals surface area contributed by atoms with Gasteiger partial charge in [-0.1, -0.05) is 0 Å². The monoisotopic (exact) mass is 239 g/mol. The summed E-state index contributed by atoms with van der Waals surface area (Å²) in [5.41, 5.74) is 3.33. The molecule has 0 aliphatic carbocycles. The zero-order valence-corrected chi connectivity index (χ0v) is 9.77. The van der Waals surface area contributed by atoms with Crippen molar-refractivity contribution < 1.29 is 23.9 Å². The molecule has 0 heterocycles. The van der Waals surface area contributed by atoms with Crippen LogP contribution < -0.4 is 5.48 Å². The van der Waals surface area contributed by atoms with Crippen molar-refractivity contribution in [2.24, 2.45) is 0 Å². The van der Waals surface area contributed by atoms with Crippen molar-refractivity contribution in [2.45, 2.75) is 0 Å². The molecule has 1 aromatic rings. The van der Waals surface area contributed by atoms with Gasteiger partial charge in [-0.15, -0.1) is 0 Å². The number of rotatable bonds is 4. The van der Waals surface area contributed by atoms with Gasteiger partial charge in [0.05, 0.1) is 38.1 Å². The van der Waals surface area contributed by atoms with E-state index in [0.717, 1.165) is 0 Å². The summed E-state index contributed by atoms with van der Waals surface area (Å²) in [6, 6.07) is 4.49. The third-order valence-electron chi connectivity index (χ3n) is 2.05. The smallest absolute Gasteiger partial charge is 0.338 e. The van der Waals surface area contributed by atoms with Gasteiger partial charge in [0.1, 0.15) is 0 Å². The molecular weight excluding hydrogens is 226 g/mol. The molecule has 0 unspecified atom stereocenters. The molecule has 1 aromatic carbocycles. The minimum Gasteiger partial charge on any atom is -0.465 e. The lowest BCUT2D eigenvalue weighted by Gasteiger charge is -2.09. The van der Waals surface area contributed by atoms with E-state index in [1.807, 2.05) is 0 Å². The summed E-state index contributed by atoms with van der Waals surface area (Å²) in [4.78, 5) is 27.7. The lowest BCUT2D eigenvalue weighted by Crippen LogP contribution is -2.12. The van der Waals surface area contributed by atoms with Gasteiger partial charge in [0.25, 0.3) is 0 Å². The van der Waals surface area contributed by atoms with Gasteiger partial charge in [0.15, 0.2) is 0 Å². The van der Waals surface area contributed by atoms with Crippen LogP contribution in [0.2, 0.25) is 0 Å². The molecule has 0 fully saturated rings. The molecule has 0 spiro atoms. The number of nitrogens with one attached hydrogen (secondary N) is 1. The van der Waals surface area contributed by atoms with Crippen LogP contribution in [0.25, 0.3) is 0 Å². The third kappa shape index (κ3) is 2.94. The molecule has 1 N–H and O–H groups in total. The maximum atomic E-state index is 11.5. The Labute approximate surface area is 98.4 Å². The Balaban J connectivity index is 3.21. The van der Waals surface area contributed by atoms with Crippen molar-refractivity contribution in [1.29, 1.82) is 0 Å². The van der Waals surface area contributed by atoms with Crippen LogP contribution in [-0.4, -0.2) is 33.3 Å². The SMILES string of the molecule is CONc1ccc(C(=O)OC)c(C(=O)OC)c1. The van der Waals surface area contributed by atoms with Crippen LogP contribution >= 0.6 is 0 Å². The first kappa shape index (κ1) is 13.0. The lowest BCUT2D eigenvalue weighted by molar-refractivity contribution is 0.0555. The van der Waals surface area contributed by atoms with Crippen LogP contribution in [0.4, 0.5) is 5.69 Å². The van der Waals surface area contributed by atoms with E-state index in [1.54, 1.807) is 6.07 Å². The molecule has 0 atom stereocenters. The Hall–Kier alpha value is -2.08. The van der Waals surface area contributed by atoms with E-state index >= 15 is 0 Å². The number of benzene rings is 1. The van der Waals surface area contributed by atoms with Crippen LogP contribution in [-0.2, 0) is 14.3 Å². The van der Waals surface area contributed by atoms with Gasteiger partial charge in [0.2, 0.25) is 0 Å². The van der Waals surface area contributed by atoms with Gasteiger partial charge in [-0.2, -0.15) is 0 Å². The molecule has 0 aromatic heterocycles. The number of hydrogen-bond donors (Lipinski definition) is 1. The van der Waals surface area contributed by atoms with Crippen LogP contribution in [0.15, 0.2) is 18.2 Å². The highest BCUT2D eigenvalue weighted by Gasteiger charge is 2.18. The molecular formula is C11H13NO5. The molecule has 0 saturated carbocycles. The Morgan fingerprint density at radius 3 is 2.12 bits per heavy atom. The largest absolute Gasteiger partial charge is 0.465 e. The number of esters is 2. The zero-order chi connectivity index (χ0) is 12.8. The first-order valence-electron chi connectivity index (χ1n) is 4.73. The second-order valence-corrected chi connectivity index (χ2v) is 3.05. The van der Waals surface area contributed by atoms with E-state index in [9.17, 15) is 9.59 Å².